The lowest BCUT2D eigenvalue weighted by Crippen LogP contribution is -2.40. The van der Waals surface area contributed by atoms with Crippen LogP contribution in [-0.2, 0) is 15.0 Å². The quantitative estimate of drug-likeness (QED) is 0.684. The van der Waals surface area contributed by atoms with Gasteiger partial charge in [-0.25, -0.2) is 4.98 Å². The minimum atomic E-state index is -0.418. The molecule has 5 rings (SSSR count). The molecule has 0 bridgehead atoms. The van der Waals surface area contributed by atoms with Crippen LogP contribution in [0.3, 0.4) is 0 Å². The Hall–Kier alpha value is -3.41. The van der Waals surface area contributed by atoms with E-state index >= 15 is 0 Å². The number of carbonyl (C=O) groups is 2. The van der Waals surface area contributed by atoms with Gasteiger partial charge in [-0.3, -0.25) is 14.5 Å². The van der Waals surface area contributed by atoms with Crippen LogP contribution in [0.15, 0.2) is 47.0 Å². The van der Waals surface area contributed by atoms with Gasteiger partial charge in [-0.1, -0.05) is 24.6 Å². The van der Waals surface area contributed by atoms with Crippen molar-refractivity contribution < 1.29 is 14.0 Å². The minimum Gasteiger partial charge on any atom is -0.440 e. The molecule has 1 saturated carbocycles. The highest BCUT2D eigenvalue weighted by Gasteiger charge is 2.51. The number of nitrogens with zero attached hydrogens (tertiary/aromatic N) is 2. The third kappa shape index (κ3) is 2.59. The first-order chi connectivity index (χ1) is 14.0. The van der Waals surface area contributed by atoms with E-state index in [2.05, 4.69) is 10.3 Å². The molecule has 0 atom stereocenters. The average molecular weight is 387 g/mol. The van der Waals surface area contributed by atoms with E-state index in [0.29, 0.717) is 11.7 Å². The van der Waals surface area contributed by atoms with Gasteiger partial charge < -0.3 is 9.73 Å². The zero-order valence-electron chi connectivity index (χ0n) is 16.4. The molecule has 1 aliphatic carbocycles. The van der Waals surface area contributed by atoms with Crippen molar-refractivity contribution in [2.24, 2.45) is 0 Å². The molecule has 146 valence electrons. The summed E-state index contributed by atoms with van der Waals surface area (Å²) in [6.07, 6.45) is 7.67. The fraction of sp³-hybridized carbons (Fsp3) is 0.261. The maximum Gasteiger partial charge on any atom is 0.253 e. The summed E-state index contributed by atoms with van der Waals surface area (Å²) in [5, 5.41) is 3.88. The van der Waals surface area contributed by atoms with E-state index in [0.717, 1.165) is 46.9 Å². The Morgan fingerprint density at radius 2 is 2.10 bits per heavy atom. The van der Waals surface area contributed by atoms with Gasteiger partial charge in [0.1, 0.15) is 11.4 Å². The van der Waals surface area contributed by atoms with Gasteiger partial charge >= 0.3 is 0 Å². The van der Waals surface area contributed by atoms with Crippen LogP contribution in [0.25, 0.3) is 17.0 Å². The largest absolute Gasteiger partial charge is 0.440 e. The van der Waals surface area contributed by atoms with Gasteiger partial charge in [-0.05, 0) is 43.5 Å². The number of amides is 2. The molecular formula is C23H21N3O3. The van der Waals surface area contributed by atoms with Crippen LogP contribution in [0.5, 0.6) is 0 Å². The first-order valence-electron chi connectivity index (χ1n) is 9.75. The van der Waals surface area contributed by atoms with Crippen LogP contribution in [0.2, 0.25) is 0 Å². The molecular weight excluding hydrogens is 366 g/mol. The number of hydrogen-bond donors (Lipinski definition) is 1. The van der Waals surface area contributed by atoms with Crippen molar-refractivity contribution in [2.45, 2.75) is 31.6 Å². The van der Waals surface area contributed by atoms with Crippen molar-refractivity contribution in [3.63, 3.8) is 0 Å². The minimum absolute atomic E-state index is 0.0450. The summed E-state index contributed by atoms with van der Waals surface area (Å²) >= 11 is 0. The Kier molecular flexibility index (Phi) is 3.84. The Morgan fingerprint density at radius 3 is 2.83 bits per heavy atom. The molecule has 2 aliphatic rings. The summed E-state index contributed by atoms with van der Waals surface area (Å²) < 4.78 is 5.87. The molecule has 1 spiro atoms. The summed E-state index contributed by atoms with van der Waals surface area (Å²) in [5.41, 5.74) is 3.02. The van der Waals surface area contributed by atoms with E-state index in [9.17, 15) is 9.59 Å². The van der Waals surface area contributed by atoms with Crippen molar-refractivity contribution in [3.05, 3.63) is 59.3 Å². The summed E-state index contributed by atoms with van der Waals surface area (Å²) in [6.45, 7) is 1.95. The van der Waals surface area contributed by atoms with E-state index < -0.39 is 5.41 Å². The first-order valence-corrected chi connectivity index (χ1v) is 9.75. The molecule has 0 saturated heterocycles. The zero-order valence-corrected chi connectivity index (χ0v) is 16.4. The molecule has 1 aromatic carbocycles. The third-order valence-electron chi connectivity index (χ3n) is 6.17. The number of hydrogen-bond acceptors (Lipinski definition) is 4. The monoisotopic (exact) mass is 387 g/mol. The smallest absolute Gasteiger partial charge is 0.253 e. The van der Waals surface area contributed by atoms with Crippen molar-refractivity contribution in [3.8, 4) is 0 Å². The van der Waals surface area contributed by atoms with E-state index in [1.807, 2.05) is 37.3 Å². The Bertz CT molecular complexity index is 1190. The van der Waals surface area contributed by atoms with Crippen molar-refractivity contribution in [1.82, 2.24) is 4.98 Å². The fourth-order valence-corrected chi connectivity index (χ4v) is 4.27. The topological polar surface area (TPSA) is 75.4 Å². The van der Waals surface area contributed by atoms with Crippen LogP contribution in [-0.4, -0.2) is 23.8 Å². The third-order valence-corrected chi connectivity index (χ3v) is 6.17. The number of para-hydroxylation sites is 1. The van der Waals surface area contributed by atoms with Gasteiger partial charge in [0, 0.05) is 35.8 Å². The number of furan rings is 1. The SMILES string of the molecule is Cc1c(N(C)C(=O)/C=C/c2cnc3c(c2)C2(CCC2)C(=O)N3)oc2ccccc12. The number of aryl methyl sites for hydroxylation is 1. The van der Waals surface area contributed by atoms with Crippen LogP contribution in [0, 0.1) is 6.92 Å². The standard InChI is InChI=1S/C23H21N3O3/c1-14-16-6-3-4-7-18(16)29-21(14)26(2)19(27)9-8-15-12-17-20(24-13-15)25-22(28)23(17)10-5-11-23/h3-4,6-9,12-13H,5,10-11H2,1-2H3,(H,24,25,28)/b9-8+. The van der Waals surface area contributed by atoms with Crippen molar-refractivity contribution >= 4 is 40.6 Å². The van der Waals surface area contributed by atoms with E-state index in [1.165, 1.54) is 11.0 Å². The van der Waals surface area contributed by atoms with Crippen LogP contribution in [0.4, 0.5) is 11.7 Å². The van der Waals surface area contributed by atoms with Crippen molar-refractivity contribution in [1.29, 1.82) is 0 Å². The Morgan fingerprint density at radius 1 is 1.31 bits per heavy atom. The highest BCUT2D eigenvalue weighted by molar-refractivity contribution is 6.07. The lowest BCUT2D eigenvalue weighted by molar-refractivity contribution is -0.123. The molecule has 2 aromatic heterocycles. The summed E-state index contributed by atoms with van der Waals surface area (Å²) in [4.78, 5) is 30.9. The predicted octanol–water partition coefficient (Wildman–Crippen LogP) is 4.19. The molecule has 29 heavy (non-hydrogen) atoms. The van der Waals surface area contributed by atoms with Crippen molar-refractivity contribution in [2.75, 3.05) is 17.3 Å². The van der Waals surface area contributed by atoms with Crippen LogP contribution in [0.1, 0.15) is 36.0 Å². The molecule has 6 heteroatoms. The van der Waals surface area contributed by atoms with Gasteiger partial charge in [0.2, 0.25) is 11.8 Å². The van der Waals surface area contributed by atoms with E-state index in [4.69, 9.17) is 4.42 Å². The molecule has 0 unspecified atom stereocenters. The normalized spacial score (nSPS) is 16.8. The first kappa shape index (κ1) is 17.7. The van der Waals surface area contributed by atoms with E-state index in [-0.39, 0.29) is 11.8 Å². The van der Waals surface area contributed by atoms with Gasteiger partial charge in [-0.2, -0.15) is 0 Å². The summed E-state index contributed by atoms with van der Waals surface area (Å²) in [5.74, 6) is 1.04. The molecule has 2 amide bonds. The number of rotatable bonds is 3. The predicted molar refractivity (Wildman–Crippen MR) is 112 cm³/mol. The van der Waals surface area contributed by atoms with Gasteiger partial charge in [0.05, 0.1) is 5.41 Å². The Balaban J connectivity index is 1.40. The maximum absolute atomic E-state index is 12.7. The number of benzene rings is 1. The van der Waals surface area contributed by atoms with Gasteiger partial charge in [-0.15, -0.1) is 0 Å². The van der Waals surface area contributed by atoms with Gasteiger partial charge in [0.15, 0.2) is 0 Å². The number of fused-ring (bicyclic) bond motifs is 3. The average Bonchev–Trinajstić information content (AvgIpc) is 3.19. The van der Waals surface area contributed by atoms with Crippen LogP contribution >= 0.6 is 0 Å². The maximum atomic E-state index is 12.7. The Labute approximate surface area is 168 Å². The van der Waals surface area contributed by atoms with Gasteiger partial charge in [0.25, 0.3) is 5.91 Å². The molecule has 1 fully saturated rings. The number of carbonyl (C=O) groups excluding carboxylic acids is 2. The second kappa shape index (κ2) is 6.30. The fourth-order valence-electron chi connectivity index (χ4n) is 4.27. The number of likely N-dealkylation sites (N-methyl/N-ethyl adjacent to an activating group) is 1. The molecule has 1 aliphatic heterocycles. The second-order valence-electron chi connectivity index (χ2n) is 7.81. The van der Waals surface area contributed by atoms with E-state index in [1.54, 1.807) is 19.3 Å². The second-order valence-corrected chi connectivity index (χ2v) is 7.81. The zero-order chi connectivity index (χ0) is 20.2. The highest BCUT2D eigenvalue weighted by atomic mass is 16.4. The number of pyridine rings is 1. The number of aromatic nitrogens is 1. The number of nitrogens with one attached hydrogen (secondary N) is 1. The number of anilines is 2. The highest BCUT2D eigenvalue weighted by Crippen LogP contribution is 2.50. The van der Waals surface area contributed by atoms with Crippen LogP contribution < -0.4 is 10.2 Å². The summed E-state index contributed by atoms with van der Waals surface area (Å²) in [6, 6.07) is 9.70. The molecule has 3 aromatic rings. The molecule has 1 N–H and O–H groups in total. The molecule has 3 heterocycles. The summed E-state index contributed by atoms with van der Waals surface area (Å²) in [7, 11) is 1.70. The molecule has 6 nitrogen and oxygen atoms in total. The molecule has 0 radical (unpaired) electrons. The lowest BCUT2D eigenvalue weighted by atomic mass is 9.65. The lowest BCUT2D eigenvalue weighted by Gasteiger charge is -2.35.